The van der Waals surface area contributed by atoms with Crippen LogP contribution < -0.4 is 10.1 Å². The lowest BCUT2D eigenvalue weighted by Gasteiger charge is -2.10. The molecule has 0 bridgehead atoms. The minimum atomic E-state index is -0.437. The van der Waals surface area contributed by atoms with E-state index in [-0.39, 0.29) is 11.6 Å². The highest BCUT2D eigenvalue weighted by atomic mass is 19.1. The quantitative estimate of drug-likeness (QED) is 0.777. The second-order valence-corrected chi connectivity index (χ2v) is 5.41. The zero-order valence-corrected chi connectivity index (χ0v) is 13.6. The molecule has 0 spiro atoms. The fraction of sp³-hybridized carbons (Fsp3) is 0.111. The number of aromatic nitrogens is 2. The van der Waals surface area contributed by atoms with E-state index in [0.29, 0.717) is 16.9 Å². The summed E-state index contributed by atoms with van der Waals surface area (Å²) >= 11 is 0. The molecule has 5 nitrogen and oxygen atoms in total. The number of nitrogens with one attached hydrogen (secondary N) is 1. The van der Waals surface area contributed by atoms with Gasteiger partial charge in [0.2, 0.25) is 5.88 Å². The van der Waals surface area contributed by atoms with E-state index in [4.69, 9.17) is 4.74 Å². The van der Waals surface area contributed by atoms with Crippen LogP contribution in [0.5, 0.6) is 11.6 Å². The zero-order chi connectivity index (χ0) is 18.0. The minimum absolute atomic E-state index is 0.263. The first kappa shape index (κ1) is 16.6. The molecule has 7 heteroatoms. The molecule has 0 aliphatic carbocycles. The van der Waals surface area contributed by atoms with E-state index in [2.05, 4.69) is 10.4 Å². The maximum Gasteiger partial charge on any atom is 0.255 e. The molecule has 0 fully saturated rings. The Morgan fingerprint density at radius 1 is 1.12 bits per heavy atom. The Hall–Kier alpha value is -3.22. The topological polar surface area (TPSA) is 56.1 Å². The van der Waals surface area contributed by atoms with Gasteiger partial charge in [-0.15, -0.1) is 0 Å². The van der Waals surface area contributed by atoms with Crippen LogP contribution in [0, 0.1) is 18.6 Å². The van der Waals surface area contributed by atoms with Gasteiger partial charge >= 0.3 is 0 Å². The highest BCUT2D eigenvalue weighted by molar-refractivity contribution is 6.05. The van der Waals surface area contributed by atoms with Crippen LogP contribution in [0.3, 0.4) is 0 Å². The molecule has 0 aliphatic rings. The number of carbonyl (C=O) groups is 1. The summed E-state index contributed by atoms with van der Waals surface area (Å²) in [5.74, 6) is -0.753. The van der Waals surface area contributed by atoms with Gasteiger partial charge in [-0.25, -0.2) is 13.5 Å². The van der Waals surface area contributed by atoms with Crippen molar-refractivity contribution in [2.24, 2.45) is 7.05 Å². The molecule has 1 N–H and O–H groups in total. The van der Waals surface area contributed by atoms with E-state index in [1.165, 1.54) is 47.1 Å². The van der Waals surface area contributed by atoms with Crippen LogP contribution in [0.1, 0.15) is 16.1 Å². The first-order chi connectivity index (χ1) is 11.9. The number of ether oxygens (including phenoxy) is 1. The molecule has 0 atom stereocenters. The molecule has 1 aromatic heterocycles. The van der Waals surface area contributed by atoms with Gasteiger partial charge < -0.3 is 10.1 Å². The Balaban J connectivity index is 1.88. The molecular formula is C18H15F2N3O2. The van der Waals surface area contributed by atoms with Crippen LogP contribution in [0.15, 0.2) is 48.5 Å². The molecule has 2 aromatic carbocycles. The number of carbonyl (C=O) groups excluding carboxylic acids is 1. The van der Waals surface area contributed by atoms with Gasteiger partial charge in [-0.1, -0.05) is 6.07 Å². The Labute approximate surface area is 142 Å². The number of benzene rings is 2. The maximum atomic E-state index is 13.3. The first-order valence-corrected chi connectivity index (χ1v) is 7.48. The average Bonchev–Trinajstić information content (AvgIpc) is 2.82. The van der Waals surface area contributed by atoms with E-state index < -0.39 is 17.5 Å². The van der Waals surface area contributed by atoms with Crippen LogP contribution in [-0.4, -0.2) is 15.7 Å². The molecule has 0 aliphatic heterocycles. The molecule has 128 valence electrons. The molecule has 25 heavy (non-hydrogen) atoms. The molecule has 0 saturated carbocycles. The standard InChI is InChI=1S/C18H15F2N3O2/c1-11-16(21-17(24)12-6-8-13(19)9-7-12)18(23(2)22-11)25-15-5-3-4-14(20)10-15/h3-10H,1-2H3,(H,21,24). The van der Waals surface area contributed by atoms with Gasteiger partial charge in [0.15, 0.2) is 0 Å². The Morgan fingerprint density at radius 2 is 1.84 bits per heavy atom. The number of aryl methyl sites for hydroxylation is 2. The normalized spacial score (nSPS) is 10.6. The Morgan fingerprint density at radius 3 is 2.52 bits per heavy atom. The van der Waals surface area contributed by atoms with Crippen LogP contribution in [0.2, 0.25) is 0 Å². The van der Waals surface area contributed by atoms with Gasteiger partial charge in [0.1, 0.15) is 23.1 Å². The molecule has 3 rings (SSSR count). The third-order valence-corrected chi connectivity index (χ3v) is 3.53. The van der Waals surface area contributed by atoms with Gasteiger partial charge in [0.25, 0.3) is 5.91 Å². The third-order valence-electron chi connectivity index (χ3n) is 3.53. The van der Waals surface area contributed by atoms with E-state index in [0.717, 1.165) is 0 Å². The molecule has 0 unspecified atom stereocenters. The number of rotatable bonds is 4. The summed E-state index contributed by atoms with van der Waals surface area (Å²) in [7, 11) is 1.65. The fourth-order valence-electron chi connectivity index (χ4n) is 2.33. The van der Waals surface area contributed by atoms with E-state index in [9.17, 15) is 13.6 Å². The summed E-state index contributed by atoms with van der Waals surface area (Å²) in [5.41, 5.74) is 1.19. The smallest absolute Gasteiger partial charge is 0.255 e. The van der Waals surface area contributed by atoms with E-state index in [1.54, 1.807) is 20.0 Å². The highest BCUT2D eigenvalue weighted by Gasteiger charge is 2.19. The van der Waals surface area contributed by atoms with Crippen molar-refractivity contribution in [3.8, 4) is 11.6 Å². The van der Waals surface area contributed by atoms with Crippen molar-refractivity contribution in [1.82, 2.24) is 9.78 Å². The van der Waals surface area contributed by atoms with Crippen molar-refractivity contribution in [2.45, 2.75) is 6.92 Å². The van der Waals surface area contributed by atoms with Crippen LogP contribution in [0.4, 0.5) is 14.5 Å². The van der Waals surface area contributed by atoms with Gasteiger partial charge in [-0.05, 0) is 43.3 Å². The summed E-state index contributed by atoms with van der Waals surface area (Å²) in [6.07, 6.45) is 0. The van der Waals surface area contributed by atoms with Crippen molar-refractivity contribution in [3.63, 3.8) is 0 Å². The molecule has 0 saturated heterocycles. The summed E-state index contributed by atoms with van der Waals surface area (Å²) in [6, 6.07) is 10.8. The summed E-state index contributed by atoms with van der Waals surface area (Å²) in [6.45, 7) is 1.71. The summed E-state index contributed by atoms with van der Waals surface area (Å²) in [4.78, 5) is 12.4. The molecular weight excluding hydrogens is 328 g/mol. The maximum absolute atomic E-state index is 13.3. The summed E-state index contributed by atoms with van der Waals surface area (Å²) < 4.78 is 33.5. The minimum Gasteiger partial charge on any atom is -0.437 e. The lowest BCUT2D eigenvalue weighted by atomic mass is 10.2. The number of hydrogen-bond acceptors (Lipinski definition) is 3. The monoisotopic (exact) mass is 343 g/mol. The first-order valence-electron chi connectivity index (χ1n) is 7.48. The summed E-state index contributed by atoms with van der Waals surface area (Å²) in [5, 5.41) is 6.92. The van der Waals surface area contributed by atoms with Crippen LogP contribution >= 0.6 is 0 Å². The lowest BCUT2D eigenvalue weighted by Crippen LogP contribution is -2.13. The van der Waals surface area contributed by atoms with Gasteiger partial charge in [0, 0.05) is 18.7 Å². The van der Waals surface area contributed by atoms with Crippen molar-refractivity contribution >= 4 is 11.6 Å². The molecule has 1 heterocycles. The molecule has 3 aromatic rings. The van der Waals surface area contributed by atoms with E-state index >= 15 is 0 Å². The van der Waals surface area contributed by atoms with Gasteiger partial charge in [-0.3, -0.25) is 4.79 Å². The second-order valence-electron chi connectivity index (χ2n) is 5.41. The van der Waals surface area contributed by atoms with Crippen molar-refractivity contribution in [3.05, 3.63) is 71.4 Å². The largest absolute Gasteiger partial charge is 0.437 e. The lowest BCUT2D eigenvalue weighted by molar-refractivity contribution is 0.102. The molecule has 1 amide bonds. The number of anilines is 1. The third kappa shape index (κ3) is 3.65. The predicted octanol–water partition coefficient (Wildman–Crippen LogP) is 4.05. The van der Waals surface area contributed by atoms with E-state index in [1.807, 2.05) is 0 Å². The van der Waals surface area contributed by atoms with Crippen molar-refractivity contribution in [2.75, 3.05) is 5.32 Å². The number of amides is 1. The zero-order valence-electron chi connectivity index (χ0n) is 13.6. The Bertz CT molecular complexity index is 921. The van der Waals surface area contributed by atoms with Crippen LogP contribution in [-0.2, 0) is 7.05 Å². The number of nitrogens with zero attached hydrogens (tertiary/aromatic N) is 2. The van der Waals surface area contributed by atoms with Gasteiger partial charge in [0.05, 0.1) is 5.69 Å². The molecule has 0 radical (unpaired) electrons. The predicted molar refractivity (Wildman–Crippen MR) is 88.8 cm³/mol. The van der Waals surface area contributed by atoms with Gasteiger partial charge in [-0.2, -0.15) is 5.10 Å². The fourth-order valence-corrected chi connectivity index (χ4v) is 2.33. The Kier molecular flexibility index (Phi) is 4.47. The van der Waals surface area contributed by atoms with Crippen molar-refractivity contribution < 1.29 is 18.3 Å². The number of hydrogen-bond donors (Lipinski definition) is 1. The van der Waals surface area contributed by atoms with Crippen molar-refractivity contribution in [1.29, 1.82) is 0 Å². The average molecular weight is 343 g/mol. The SMILES string of the molecule is Cc1nn(C)c(Oc2cccc(F)c2)c1NC(=O)c1ccc(F)cc1. The van der Waals surface area contributed by atoms with Crippen LogP contribution in [0.25, 0.3) is 0 Å². The second kappa shape index (κ2) is 6.72. The highest BCUT2D eigenvalue weighted by Crippen LogP contribution is 2.32. The number of halogens is 2.